The minimum atomic E-state index is -5.03. The molecule has 0 spiro atoms. The van der Waals surface area contributed by atoms with E-state index in [1.165, 1.54) is 24.3 Å². The maximum Gasteiger partial charge on any atom is 0.435 e. The normalized spacial score (nSPS) is 18.4. The Labute approximate surface area is 231 Å². The third kappa shape index (κ3) is 5.97. The highest BCUT2D eigenvalue weighted by atomic mass is 35.5. The molecule has 1 heterocycles. The van der Waals surface area contributed by atoms with Gasteiger partial charge in [-0.05, 0) is 29.0 Å². The molecule has 4 rings (SSSR count). The molecule has 1 aliphatic rings. The highest BCUT2D eigenvalue weighted by Gasteiger charge is 2.62. The zero-order chi connectivity index (χ0) is 29.5. The highest BCUT2D eigenvalue weighted by molar-refractivity contribution is 6.35. The Morgan fingerprint density at radius 2 is 1.68 bits per heavy atom. The molecule has 1 unspecified atom stereocenters. The van der Waals surface area contributed by atoms with E-state index in [2.05, 4.69) is 10.5 Å². The van der Waals surface area contributed by atoms with Crippen LogP contribution in [0.15, 0.2) is 53.7 Å². The number of carbonyl (C=O) groups is 1. The molecule has 3 aromatic carbocycles. The van der Waals surface area contributed by atoms with Crippen molar-refractivity contribution in [2.45, 2.75) is 30.6 Å². The molecular weight excluding hydrogens is 594 g/mol. The van der Waals surface area contributed by atoms with Gasteiger partial charge in [-0.2, -0.15) is 26.3 Å². The Hall–Kier alpha value is -3.13. The number of benzene rings is 3. The van der Waals surface area contributed by atoms with Gasteiger partial charge in [0.15, 0.2) is 5.82 Å². The minimum absolute atomic E-state index is 0.0427. The van der Waals surface area contributed by atoms with Crippen LogP contribution in [0.1, 0.15) is 27.9 Å². The van der Waals surface area contributed by atoms with Crippen LogP contribution in [0.3, 0.4) is 0 Å². The fraction of sp³-hybridized carbons (Fsp3) is 0.280. The van der Waals surface area contributed by atoms with Gasteiger partial charge in [0.25, 0.3) is 11.5 Å². The molecule has 0 saturated heterocycles. The molecule has 15 heteroatoms. The summed E-state index contributed by atoms with van der Waals surface area (Å²) in [5, 5.41) is 16.8. The summed E-state index contributed by atoms with van der Waals surface area (Å²) in [5.74, 6) is -1.84. The van der Waals surface area contributed by atoms with Gasteiger partial charge >= 0.3 is 12.4 Å². The smallest absolute Gasteiger partial charge is 0.377 e. The summed E-state index contributed by atoms with van der Waals surface area (Å²) in [4.78, 5) is 17.8. The number of halogens is 9. The molecule has 214 valence electrons. The number of carbonyl (C=O) groups excluding carboxylic acids is 1. The zero-order valence-electron chi connectivity index (χ0n) is 19.9. The van der Waals surface area contributed by atoms with Crippen LogP contribution in [0.2, 0.25) is 10.0 Å². The Balaban J connectivity index is 1.63. The summed E-state index contributed by atoms with van der Waals surface area (Å²) >= 11 is 11.5. The average Bonchev–Trinajstić information content (AvgIpc) is 3.35. The average molecular weight is 612 g/mol. The van der Waals surface area contributed by atoms with Crippen LogP contribution in [0.5, 0.6) is 0 Å². The van der Waals surface area contributed by atoms with Crippen molar-refractivity contribution in [2.75, 3.05) is 13.1 Å². The summed E-state index contributed by atoms with van der Waals surface area (Å²) in [6.45, 7) is -2.02. The largest absolute Gasteiger partial charge is 0.435 e. The first-order valence-electron chi connectivity index (χ1n) is 11.4. The summed E-state index contributed by atoms with van der Waals surface area (Å²) in [6.07, 6.45) is -12.1. The molecule has 0 radical (unpaired) electrons. The molecule has 0 aromatic heterocycles. The summed E-state index contributed by atoms with van der Waals surface area (Å²) in [5.41, 5.74) is -3.48. The van der Waals surface area contributed by atoms with Crippen molar-refractivity contribution in [2.24, 2.45) is 5.16 Å². The number of rotatable bonds is 7. The minimum Gasteiger partial charge on any atom is -0.377 e. The van der Waals surface area contributed by atoms with E-state index < -0.39 is 71.0 Å². The van der Waals surface area contributed by atoms with Gasteiger partial charge in [0.05, 0.1) is 28.8 Å². The first-order valence-corrected chi connectivity index (χ1v) is 12.1. The summed E-state index contributed by atoms with van der Waals surface area (Å²) < 4.78 is 94.0. The molecule has 0 aliphatic carbocycles. The number of hydrogen-bond donors (Lipinski definition) is 3. The van der Waals surface area contributed by atoms with Crippen LogP contribution in [-0.4, -0.2) is 48.4 Å². The van der Waals surface area contributed by atoms with Gasteiger partial charge in [0.2, 0.25) is 0 Å². The number of nitrogens with one attached hydrogen (secondary N) is 2. The molecule has 3 aromatic rings. The van der Waals surface area contributed by atoms with Gasteiger partial charge in [0, 0.05) is 23.1 Å². The predicted molar refractivity (Wildman–Crippen MR) is 133 cm³/mol. The molecule has 0 bridgehead atoms. The number of oxime groups is 1. The van der Waals surface area contributed by atoms with Crippen molar-refractivity contribution in [3.63, 3.8) is 0 Å². The lowest BCUT2D eigenvalue weighted by Gasteiger charge is -2.29. The first-order chi connectivity index (χ1) is 18.6. The number of amides is 1. The lowest BCUT2D eigenvalue weighted by molar-refractivity contribution is -0.275. The van der Waals surface area contributed by atoms with E-state index >= 15 is 0 Å². The monoisotopic (exact) mass is 611 g/mol. The molecule has 1 amide bonds. The van der Waals surface area contributed by atoms with Gasteiger partial charge in [-0.25, -0.2) is 4.39 Å². The lowest BCUT2D eigenvalue weighted by Crippen LogP contribution is -2.44. The van der Waals surface area contributed by atoms with Crippen molar-refractivity contribution in [1.29, 1.82) is 0 Å². The number of hydrogen-bond acceptors (Lipinski definition) is 5. The van der Waals surface area contributed by atoms with Gasteiger partial charge in [-0.15, -0.1) is 0 Å². The fourth-order valence-electron chi connectivity index (χ4n) is 4.18. The van der Waals surface area contributed by atoms with E-state index in [-0.39, 0.29) is 22.2 Å². The topological polar surface area (TPSA) is 83.0 Å². The second-order valence-electron chi connectivity index (χ2n) is 8.81. The predicted octanol–water partition coefficient (Wildman–Crippen LogP) is 6.07. The van der Waals surface area contributed by atoms with Crippen LogP contribution in [0, 0.1) is 5.82 Å². The number of aliphatic hydroxyl groups excluding tert-OH is 1. The number of aliphatic hydroxyl groups is 1. The molecule has 3 N–H and O–H groups in total. The van der Waals surface area contributed by atoms with Gasteiger partial charge in [-0.1, -0.05) is 58.7 Å². The van der Waals surface area contributed by atoms with Crippen molar-refractivity contribution in [3.8, 4) is 0 Å². The van der Waals surface area contributed by atoms with E-state index in [1.54, 1.807) is 12.1 Å². The molecule has 40 heavy (non-hydrogen) atoms. The quantitative estimate of drug-likeness (QED) is 0.172. The SMILES string of the molecule is O=C(NCC(O)NCC(F)(F)F)c1ccc(C2=NO[C@@](c3cc(Cl)c(F)c(Cl)c3)(C(F)(F)F)C2)c2ccccc12. The second kappa shape index (κ2) is 11.0. The Morgan fingerprint density at radius 1 is 1.05 bits per heavy atom. The molecule has 2 atom stereocenters. The lowest BCUT2D eigenvalue weighted by atomic mass is 9.85. The summed E-state index contributed by atoms with van der Waals surface area (Å²) in [7, 11) is 0. The zero-order valence-corrected chi connectivity index (χ0v) is 21.4. The van der Waals surface area contributed by atoms with E-state index in [4.69, 9.17) is 28.0 Å². The van der Waals surface area contributed by atoms with Crippen molar-refractivity contribution in [1.82, 2.24) is 10.6 Å². The molecule has 0 saturated carbocycles. The van der Waals surface area contributed by atoms with Gasteiger partial charge in [0.1, 0.15) is 6.23 Å². The van der Waals surface area contributed by atoms with Crippen molar-refractivity contribution in [3.05, 3.63) is 81.1 Å². The Bertz CT molecular complexity index is 1460. The van der Waals surface area contributed by atoms with Crippen molar-refractivity contribution >= 4 is 45.6 Å². The van der Waals surface area contributed by atoms with Crippen LogP contribution in [0.25, 0.3) is 10.8 Å². The highest BCUT2D eigenvalue weighted by Crippen LogP contribution is 2.50. The first kappa shape index (κ1) is 29.8. The second-order valence-corrected chi connectivity index (χ2v) is 9.63. The number of fused-ring (bicyclic) bond motifs is 1. The number of alkyl halides is 6. The number of nitrogens with zero attached hydrogens (tertiary/aromatic N) is 1. The van der Waals surface area contributed by atoms with Crippen LogP contribution in [-0.2, 0) is 10.4 Å². The fourth-order valence-corrected chi connectivity index (χ4v) is 4.66. The maximum atomic E-state index is 14.4. The summed E-state index contributed by atoms with van der Waals surface area (Å²) in [6, 6.07) is 10.3. The molecule has 1 aliphatic heterocycles. The van der Waals surface area contributed by atoms with Gasteiger partial charge in [-0.3, -0.25) is 10.1 Å². The van der Waals surface area contributed by atoms with Crippen molar-refractivity contribution < 1.29 is 45.5 Å². The Kier molecular flexibility index (Phi) is 8.23. The van der Waals surface area contributed by atoms with Crippen LogP contribution >= 0.6 is 23.2 Å². The maximum absolute atomic E-state index is 14.4. The molecule has 0 fully saturated rings. The Morgan fingerprint density at radius 3 is 2.27 bits per heavy atom. The van der Waals surface area contributed by atoms with E-state index in [9.17, 15) is 40.6 Å². The van der Waals surface area contributed by atoms with Crippen LogP contribution < -0.4 is 10.6 Å². The third-order valence-electron chi connectivity index (χ3n) is 6.11. The third-order valence-corrected chi connectivity index (χ3v) is 6.66. The van der Waals surface area contributed by atoms with E-state index in [0.717, 1.165) is 12.1 Å². The van der Waals surface area contributed by atoms with E-state index in [0.29, 0.717) is 5.39 Å². The van der Waals surface area contributed by atoms with E-state index in [1.807, 2.05) is 5.32 Å². The molecule has 6 nitrogen and oxygen atoms in total. The standard InChI is InChI=1S/C25H18Cl2F7N3O3/c26-17-7-12(8-18(27)21(17)28)23(25(32,33)34)9-19(37-40-23)15-5-6-16(14-4-2-1-3-13(14)15)22(39)35-10-20(38)36-11-24(29,30)31/h1-8,20,36,38H,9-11H2,(H,35,39)/t20?,23-/m0/s1. The van der Waals surface area contributed by atoms with Gasteiger partial charge < -0.3 is 15.3 Å². The molecular formula is C25H18Cl2F7N3O3. The van der Waals surface area contributed by atoms with Crippen LogP contribution in [0.4, 0.5) is 30.7 Å².